The number of nitrogens with zero attached hydrogens (tertiary/aromatic N) is 1. The molecule has 5 nitrogen and oxygen atoms in total. The smallest absolute Gasteiger partial charge is 0.244 e. The van der Waals surface area contributed by atoms with Crippen LogP contribution in [0.1, 0.15) is 18.5 Å². The Morgan fingerprint density at radius 3 is 2.62 bits per heavy atom. The molecule has 0 amide bonds. The predicted molar refractivity (Wildman–Crippen MR) is 89.2 cm³/mol. The number of nitrogens with one attached hydrogen (secondary N) is 1. The average molecular weight is 435 g/mol. The molecule has 112 valence electrons. The van der Waals surface area contributed by atoms with Crippen molar-refractivity contribution in [2.24, 2.45) is 0 Å². The lowest BCUT2D eigenvalue weighted by Gasteiger charge is -2.15. The molecule has 1 aromatic carbocycles. The minimum atomic E-state index is -3.76. The quantitative estimate of drug-likeness (QED) is 0.773. The van der Waals surface area contributed by atoms with Gasteiger partial charge in [0.1, 0.15) is 10.7 Å². The number of aromatic nitrogens is 1. The molecule has 0 aliphatic heterocycles. The molecule has 2 rings (SSSR count). The minimum Gasteiger partial charge on any atom is -0.383 e. The molecule has 0 saturated carbocycles. The molecule has 8 heteroatoms. The van der Waals surface area contributed by atoms with Gasteiger partial charge in [0.25, 0.3) is 0 Å². The summed E-state index contributed by atoms with van der Waals surface area (Å²) in [5.41, 5.74) is 6.50. The molecule has 0 radical (unpaired) electrons. The Balaban J connectivity index is 2.31. The zero-order chi connectivity index (χ0) is 15.6. The second-order valence-corrected chi connectivity index (χ2v) is 7.95. The summed E-state index contributed by atoms with van der Waals surface area (Å²) in [5, 5.41) is 0. The molecule has 1 atom stereocenters. The number of anilines is 1. The van der Waals surface area contributed by atoms with E-state index in [-0.39, 0.29) is 10.7 Å². The first kappa shape index (κ1) is 16.4. The van der Waals surface area contributed by atoms with Crippen LogP contribution in [-0.4, -0.2) is 13.4 Å². The fourth-order valence-corrected chi connectivity index (χ4v) is 4.03. The summed E-state index contributed by atoms with van der Waals surface area (Å²) in [6, 6.07) is 8.46. The first-order valence-corrected chi connectivity index (χ1v) is 9.05. The molecule has 1 unspecified atom stereocenters. The number of halogens is 2. The Morgan fingerprint density at radius 1 is 1.24 bits per heavy atom. The highest BCUT2D eigenvalue weighted by Gasteiger charge is 2.22. The van der Waals surface area contributed by atoms with E-state index in [0.717, 1.165) is 10.0 Å². The van der Waals surface area contributed by atoms with Crippen LogP contribution in [0.25, 0.3) is 0 Å². The van der Waals surface area contributed by atoms with E-state index in [1.165, 1.54) is 12.3 Å². The molecule has 3 N–H and O–H groups in total. The summed E-state index contributed by atoms with van der Waals surface area (Å²) in [7, 11) is -3.76. The van der Waals surface area contributed by atoms with Gasteiger partial charge in [0.05, 0.1) is 0 Å². The number of nitrogens with two attached hydrogens (primary N) is 1. The summed E-state index contributed by atoms with van der Waals surface area (Å²) in [4.78, 5) is 3.80. The standard InChI is InChI=1S/C13H13Br2N3O2S/c1-8(9-3-2-4-10(14)5-9)18-21(19,20)12-6-11(15)7-17-13(12)16/h2-8,18H,1H3,(H2,16,17). The van der Waals surface area contributed by atoms with Gasteiger partial charge in [-0.25, -0.2) is 18.1 Å². The van der Waals surface area contributed by atoms with Crippen molar-refractivity contribution in [2.45, 2.75) is 17.9 Å². The third kappa shape index (κ3) is 4.03. The van der Waals surface area contributed by atoms with Crippen LogP contribution >= 0.6 is 31.9 Å². The van der Waals surface area contributed by atoms with Gasteiger partial charge < -0.3 is 5.73 Å². The number of sulfonamides is 1. The second kappa shape index (κ2) is 6.43. The summed E-state index contributed by atoms with van der Waals surface area (Å²) < 4.78 is 28.8. The molecule has 0 fully saturated rings. The average Bonchev–Trinajstić information content (AvgIpc) is 2.41. The number of nitrogen functional groups attached to an aromatic ring is 1. The van der Waals surface area contributed by atoms with Crippen molar-refractivity contribution in [1.29, 1.82) is 0 Å². The van der Waals surface area contributed by atoms with E-state index in [1.807, 2.05) is 24.3 Å². The van der Waals surface area contributed by atoms with E-state index in [1.54, 1.807) is 6.92 Å². The highest BCUT2D eigenvalue weighted by atomic mass is 79.9. The van der Waals surface area contributed by atoms with E-state index in [9.17, 15) is 8.42 Å². The van der Waals surface area contributed by atoms with Crippen molar-refractivity contribution < 1.29 is 8.42 Å². The normalized spacial score (nSPS) is 13.1. The van der Waals surface area contributed by atoms with Gasteiger partial charge >= 0.3 is 0 Å². The highest BCUT2D eigenvalue weighted by Crippen LogP contribution is 2.24. The fraction of sp³-hybridized carbons (Fsp3) is 0.154. The van der Waals surface area contributed by atoms with Crippen LogP contribution in [0.15, 0.2) is 50.4 Å². The lowest BCUT2D eigenvalue weighted by Crippen LogP contribution is -2.27. The number of hydrogen-bond acceptors (Lipinski definition) is 4. The summed E-state index contributed by atoms with van der Waals surface area (Å²) in [5.74, 6) is -0.0351. The van der Waals surface area contributed by atoms with Gasteiger partial charge in [-0.15, -0.1) is 0 Å². The van der Waals surface area contributed by atoms with E-state index < -0.39 is 16.1 Å². The summed E-state index contributed by atoms with van der Waals surface area (Å²) >= 11 is 6.56. The molecule has 0 aliphatic carbocycles. The molecule has 0 bridgehead atoms. The molecule has 1 aromatic heterocycles. The van der Waals surface area contributed by atoms with Gasteiger partial charge in [-0.2, -0.15) is 0 Å². The highest BCUT2D eigenvalue weighted by molar-refractivity contribution is 9.10. The Labute approximate surface area is 140 Å². The Hall–Kier alpha value is -0.960. The van der Waals surface area contributed by atoms with Crippen molar-refractivity contribution >= 4 is 47.7 Å². The summed E-state index contributed by atoms with van der Waals surface area (Å²) in [6.45, 7) is 1.76. The molecule has 2 aromatic rings. The van der Waals surface area contributed by atoms with Crippen molar-refractivity contribution in [2.75, 3.05) is 5.73 Å². The number of hydrogen-bond donors (Lipinski definition) is 2. The largest absolute Gasteiger partial charge is 0.383 e. The third-order valence-electron chi connectivity index (χ3n) is 2.82. The SMILES string of the molecule is CC(NS(=O)(=O)c1cc(Br)cnc1N)c1cccc(Br)c1. The topological polar surface area (TPSA) is 85.1 Å². The van der Waals surface area contributed by atoms with Crippen LogP contribution < -0.4 is 10.5 Å². The Bertz CT molecular complexity index is 766. The van der Waals surface area contributed by atoms with Crippen LogP contribution in [0.2, 0.25) is 0 Å². The summed E-state index contributed by atoms with van der Waals surface area (Å²) in [6.07, 6.45) is 1.45. The lowest BCUT2D eigenvalue weighted by atomic mass is 10.1. The van der Waals surface area contributed by atoms with E-state index in [2.05, 4.69) is 41.6 Å². The maximum atomic E-state index is 12.4. The second-order valence-electron chi connectivity index (χ2n) is 4.43. The Morgan fingerprint density at radius 2 is 1.95 bits per heavy atom. The number of rotatable bonds is 4. The van der Waals surface area contributed by atoms with Gasteiger partial charge in [0.15, 0.2) is 0 Å². The molecule has 0 spiro atoms. The minimum absolute atomic E-state index is 0.0351. The molecule has 21 heavy (non-hydrogen) atoms. The van der Waals surface area contributed by atoms with E-state index in [4.69, 9.17) is 5.73 Å². The first-order chi connectivity index (χ1) is 9.79. The fourth-order valence-electron chi connectivity index (χ4n) is 1.79. The monoisotopic (exact) mass is 433 g/mol. The van der Waals surface area contributed by atoms with Gasteiger partial charge in [-0.3, -0.25) is 0 Å². The molecule has 0 saturated heterocycles. The van der Waals surface area contributed by atoms with Crippen LogP contribution in [-0.2, 0) is 10.0 Å². The maximum Gasteiger partial charge on any atom is 0.244 e. The molecule has 1 heterocycles. The maximum absolute atomic E-state index is 12.4. The first-order valence-electron chi connectivity index (χ1n) is 5.98. The number of benzene rings is 1. The van der Waals surface area contributed by atoms with Crippen molar-refractivity contribution in [3.63, 3.8) is 0 Å². The van der Waals surface area contributed by atoms with Crippen molar-refractivity contribution in [3.05, 3.63) is 51.0 Å². The zero-order valence-electron chi connectivity index (χ0n) is 11.0. The van der Waals surface area contributed by atoms with Gasteiger partial charge in [-0.05, 0) is 46.6 Å². The Kier molecular flexibility index (Phi) is 5.03. The van der Waals surface area contributed by atoms with Gasteiger partial charge in [0.2, 0.25) is 10.0 Å². The van der Waals surface area contributed by atoms with E-state index in [0.29, 0.717) is 4.47 Å². The van der Waals surface area contributed by atoms with Crippen molar-refractivity contribution in [1.82, 2.24) is 9.71 Å². The number of pyridine rings is 1. The van der Waals surface area contributed by atoms with Crippen LogP contribution in [0, 0.1) is 0 Å². The third-order valence-corrected chi connectivity index (χ3v) is 5.32. The molecule has 0 aliphatic rings. The molecular formula is C13H13Br2N3O2S. The van der Waals surface area contributed by atoms with Crippen LogP contribution in [0.3, 0.4) is 0 Å². The van der Waals surface area contributed by atoms with Crippen LogP contribution in [0.5, 0.6) is 0 Å². The van der Waals surface area contributed by atoms with Gasteiger partial charge in [0, 0.05) is 21.2 Å². The lowest BCUT2D eigenvalue weighted by molar-refractivity contribution is 0.567. The predicted octanol–water partition coefficient (Wildman–Crippen LogP) is 3.23. The zero-order valence-corrected chi connectivity index (χ0v) is 15.0. The molecular weight excluding hydrogens is 422 g/mol. The van der Waals surface area contributed by atoms with Gasteiger partial charge in [-0.1, -0.05) is 28.1 Å². The van der Waals surface area contributed by atoms with E-state index >= 15 is 0 Å². The van der Waals surface area contributed by atoms with Crippen LogP contribution in [0.4, 0.5) is 5.82 Å². The van der Waals surface area contributed by atoms with Crippen molar-refractivity contribution in [3.8, 4) is 0 Å².